The van der Waals surface area contributed by atoms with Crippen molar-refractivity contribution < 1.29 is 9.80 Å². The number of quaternary nitrogens is 1. The van der Waals surface area contributed by atoms with Gasteiger partial charge in [-0.3, -0.25) is 0 Å². The van der Waals surface area contributed by atoms with Crippen LogP contribution < -0.4 is 5.06 Å². The number of nitrogens with one attached hydrogen (secondary N) is 1. The van der Waals surface area contributed by atoms with Crippen LogP contribution in [0.25, 0.3) is 0 Å². The van der Waals surface area contributed by atoms with Gasteiger partial charge in [0.2, 0.25) is 0 Å². The van der Waals surface area contributed by atoms with Crippen LogP contribution in [0.3, 0.4) is 0 Å². The highest BCUT2D eigenvalue weighted by molar-refractivity contribution is 4.64. The summed E-state index contributed by atoms with van der Waals surface area (Å²) in [5.41, 5.74) is 0. The van der Waals surface area contributed by atoms with E-state index in [2.05, 4.69) is 0 Å². The van der Waals surface area contributed by atoms with Gasteiger partial charge in [-0.15, -0.1) is 0 Å². The summed E-state index contributed by atoms with van der Waals surface area (Å²) in [6.07, 6.45) is 2.24. The molecule has 0 aromatic heterocycles. The molecule has 0 aromatic rings. The lowest BCUT2D eigenvalue weighted by Crippen LogP contribution is -3.13. The van der Waals surface area contributed by atoms with Crippen LogP contribution in [0.4, 0.5) is 0 Å². The van der Waals surface area contributed by atoms with Crippen molar-refractivity contribution in [1.29, 1.82) is 0 Å². The Hall–Kier alpha value is -0.120. The first-order chi connectivity index (χ1) is 4.74. The van der Waals surface area contributed by atoms with Crippen molar-refractivity contribution in [2.75, 3.05) is 13.7 Å². The van der Waals surface area contributed by atoms with E-state index >= 15 is 0 Å². The van der Waals surface area contributed by atoms with Gasteiger partial charge in [-0.2, -0.15) is 0 Å². The number of hydrogen-bond donors (Lipinski definition) is 1. The monoisotopic (exact) mass is 145 g/mol. The first kappa shape index (κ1) is 7.98. The summed E-state index contributed by atoms with van der Waals surface area (Å²) in [7, 11) is 1.67. The van der Waals surface area contributed by atoms with E-state index in [0.717, 1.165) is 12.8 Å². The van der Waals surface area contributed by atoms with E-state index in [1.807, 2.05) is 6.92 Å². The fourth-order valence-corrected chi connectivity index (χ4v) is 1.33. The summed E-state index contributed by atoms with van der Waals surface area (Å²) in [5.74, 6) is 0. The number of hydroxylamine groups is 2. The Kier molecular flexibility index (Phi) is 2.65. The molecule has 0 saturated carbocycles. The van der Waals surface area contributed by atoms with Gasteiger partial charge >= 0.3 is 0 Å². The molecule has 1 fully saturated rings. The minimum Gasteiger partial charge on any atom is -0.634 e. The van der Waals surface area contributed by atoms with Gasteiger partial charge < -0.3 is 15.0 Å². The van der Waals surface area contributed by atoms with Gasteiger partial charge in [0, 0.05) is 13.5 Å². The predicted octanol–water partition coefficient (Wildman–Crippen LogP) is -0.434. The SMILES string of the molecule is COC1CCC(C)[NH+]([O-])C1. The van der Waals surface area contributed by atoms with E-state index in [4.69, 9.17) is 4.74 Å². The topological polar surface area (TPSA) is 36.7 Å². The molecule has 1 aliphatic heterocycles. The van der Waals surface area contributed by atoms with Crippen LogP contribution >= 0.6 is 0 Å². The maximum absolute atomic E-state index is 11.1. The quantitative estimate of drug-likeness (QED) is 0.508. The highest BCUT2D eigenvalue weighted by atomic mass is 16.5. The van der Waals surface area contributed by atoms with Gasteiger partial charge in [0.25, 0.3) is 0 Å². The molecule has 0 radical (unpaired) electrons. The molecule has 1 aliphatic rings. The largest absolute Gasteiger partial charge is 0.634 e. The average molecular weight is 145 g/mol. The molecular formula is C7H15NO2. The zero-order valence-electron chi connectivity index (χ0n) is 6.59. The normalized spacial score (nSPS) is 41.7. The Morgan fingerprint density at radius 2 is 2.20 bits per heavy atom. The second-order valence-electron chi connectivity index (χ2n) is 3.01. The van der Waals surface area contributed by atoms with E-state index in [1.165, 1.54) is 0 Å². The van der Waals surface area contributed by atoms with Crippen molar-refractivity contribution in [3.63, 3.8) is 0 Å². The lowest BCUT2D eigenvalue weighted by molar-refractivity contribution is -0.882. The van der Waals surface area contributed by atoms with Crippen LogP contribution in [0.15, 0.2) is 0 Å². The third kappa shape index (κ3) is 1.68. The third-order valence-electron chi connectivity index (χ3n) is 2.23. The number of methoxy groups -OCH3 is 1. The van der Waals surface area contributed by atoms with E-state index in [1.54, 1.807) is 7.11 Å². The molecule has 10 heavy (non-hydrogen) atoms. The van der Waals surface area contributed by atoms with Gasteiger partial charge in [0.1, 0.15) is 12.6 Å². The summed E-state index contributed by atoms with van der Waals surface area (Å²) in [6, 6.07) is 0.270. The fourth-order valence-electron chi connectivity index (χ4n) is 1.33. The zero-order chi connectivity index (χ0) is 7.56. The smallest absolute Gasteiger partial charge is 0.106 e. The van der Waals surface area contributed by atoms with Crippen LogP contribution in [0.1, 0.15) is 19.8 Å². The van der Waals surface area contributed by atoms with Crippen LogP contribution in [0.2, 0.25) is 0 Å². The van der Waals surface area contributed by atoms with E-state index in [9.17, 15) is 5.21 Å². The molecule has 0 aliphatic carbocycles. The maximum Gasteiger partial charge on any atom is 0.106 e. The molecule has 60 valence electrons. The van der Waals surface area contributed by atoms with Crippen LogP contribution in [-0.4, -0.2) is 25.8 Å². The highest BCUT2D eigenvalue weighted by Crippen LogP contribution is 2.05. The Labute approximate surface area is 61.5 Å². The van der Waals surface area contributed by atoms with Crippen molar-refractivity contribution in [3.8, 4) is 0 Å². The lowest BCUT2D eigenvalue weighted by atomic mass is 10.0. The van der Waals surface area contributed by atoms with Crippen molar-refractivity contribution in [2.45, 2.75) is 31.9 Å². The molecule has 1 N–H and O–H groups in total. The first-order valence-corrected chi connectivity index (χ1v) is 3.79. The molecule has 1 heterocycles. The number of ether oxygens (including phenoxy) is 1. The summed E-state index contributed by atoms with van der Waals surface area (Å²) < 4.78 is 5.09. The zero-order valence-corrected chi connectivity index (χ0v) is 6.59. The molecule has 3 unspecified atom stereocenters. The highest BCUT2D eigenvalue weighted by Gasteiger charge is 2.23. The first-order valence-electron chi connectivity index (χ1n) is 3.79. The molecule has 1 rings (SSSR count). The Balaban J connectivity index is 2.33. The summed E-state index contributed by atoms with van der Waals surface area (Å²) in [6.45, 7) is 2.62. The number of rotatable bonds is 1. The van der Waals surface area contributed by atoms with Crippen LogP contribution in [-0.2, 0) is 4.74 Å². The van der Waals surface area contributed by atoms with Crippen LogP contribution in [0.5, 0.6) is 0 Å². The molecule has 3 atom stereocenters. The average Bonchev–Trinajstić information content (AvgIpc) is 1.95. The van der Waals surface area contributed by atoms with Crippen molar-refractivity contribution in [1.82, 2.24) is 0 Å². The Bertz CT molecular complexity index is 108. The molecule has 0 aromatic carbocycles. The van der Waals surface area contributed by atoms with Crippen molar-refractivity contribution >= 4 is 0 Å². The summed E-state index contributed by atoms with van der Waals surface area (Å²) in [4.78, 5) is 0. The molecule has 3 nitrogen and oxygen atoms in total. The van der Waals surface area contributed by atoms with Crippen LogP contribution in [0, 0.1) is 5.21 Å². The molecule has 3 heteroatoms. The fraction of sp³-hybridized carbons (Fsp3) is 1.00. The van der Waals surface area contributed by atoms with Gasteiger partial charge in [-0.1, -0.05) is 0 Å². The predicted molar refractivity (Wildman–Crippen MR) is 38.7 cm³/mol. The number of hydrogen-bond acceptors (Lipinski definition) is 2. The minimum atomic E-state index is 0.198. The maximum atomic E-state index is 11.1. The van der Waals surface area contributed by atoms with Gasteiger partial charge in [0.05, 0.1) is 6.04 Å². The second-order valence-corrected chi connectivity index (χ2v) is 3.01. The van der Waals surface area contributed by atoms with Gasteiger partial charge in [-0.05, 0) is 13.3 Å². The Morgan fingerprint density at radius 3 is 2.70 bits per heavy atom. The molecule has 0 spiro atoms. The van der Waals surface area contributed by atoms with E-state index in [0.29, 0.717) is 11.6 Å². The third-order valence-corrected chi connectivity index (χ3v) is 2.23. The van der Waals surface area contributed by atoms with E-state index in [-0.39, 0.29) is 12.1 Å². The molecular weight excluding hydrogens is 130 g/mol. The van der Waals surface area contributed by atoms with E-state index < -0.39 is 0 Å². The molecule has 0 amide bonds. The van der Waals surface area contributed by atoms with Crippen molar-refractivity contribution in [3.05, 3.63) is 5.21 Å². The van der Waals surface area contributed by atoms with Crippen molar-refractivity contribution in [2.24, 2.45) is 0 Å². The standard InChI is InChI=1S/C7H15NO2/c1-6-3-4-7(10-2)5-8(6)9/h6-8H,3-5H2,1-2H3. The molecule has 1 saturated heterocycles. The number of piperidine rings is 1. The summed E-state index contributed by atoms with van der Waals surface area (Å²) in [5, 5.41) is 11.4. The van der Waals surface area contributed by atoms with Gasteiger partial charge in [-0.25, -0.2) is 0 Å². The van der Waals surface area contributed by atoms with Gasteiger partial charge in [0.15, 0.2) is 0 Å². The minimum absolute atomic E-state index is 0.198. The Morgan fingerprint density at radius 1 is 1.50 bits per heavy atom. The summed E-state index contributed by atoms with van der Waals surface area (Å²) >= 11 is 0. The molecule has 0 bridgehead atoms. The second kappa shape index (κ2) is 3.32. The lowest BCUT2D eigenvalue weighted by Gasteiger charge is -2.36.